The molecule has 0 radical (unpaired) electrons. The Hall–Kier alpha value is -3.54. The molecule has 0 fully saturated rings. The molecule has 0 spiro atoms. The van der Waals surface area contributed by atoms with Gasteiger partial charge in [0.25, 0.3) is 0 Å². The fourth-order valence-corrected chi connectivity index (χ4v) is 2.51. The second kappa shape index (κ2) is 6.52. The number of aromatic nitrogens is 3. The van der Waals surface area contributed by atoms with Crippen LogP contribution in [0.4, 0.5) is 5.69 Å². The van der Waals surface area contributed by atoms with E-state index in [0.29, 0.717) is 5.89 Å². The Labute approximate surface area is 143 Å². The molecule has 0 aliphatic heterocycles. The van der Waals surface area contributed by atoms with E-state index < -0.39 is 0 Å². The van der Waals surface area contributed by atoms with Gasteiger partial charge in [0, 0.05) is 22.8 Å². The molecule has 2 heterocycles. The Morgan fingerprint density at radius 3 is 2.76 bits per heavy atom. The van der Waals surface area contributed by atoms with Crippen LogP contribution in [0.15, 0.2) is 71.3 Å². The molecule has 1 N–H and O–H groups in total. The van der Waals surface area contributed by atoms with Crippen LogP contribution in [0.3, 0.4) is 0 Å². The fraction of sp³-hybridized carbons (Fsp3) is 0.0526. The summed E-state index contributed by atoms with van der Waals surface area (Å²) in [7, 11) is 0. The number of nitrogens with zero attached hydrogens (tertiary/aromatic N) is 3. The molecule has 0 aliphatic carbocycles. The lowest BCUT2D eigenvalue weighted by atomic mass is 10.1. The summed E-state index contributed by atoms with van der Waals surface area (Å²) in [6.07, 6.45) is 1.77. The van der Waals surface area contributed by atoms with Crippen LogP contribution in [0.2, 0.25) is 0 Å². The Morgan fingerprint density at radius 2 is 1.88 bits per heavy atom. The number of carbonyl (C=O) groups is 1. The van der Waals surface area contributed by atoms with Crippen molar-refractivity contribution >= 4 is 22.5 Å². The summed E-state index contributed by atoms with van der Waals surface area (Å²) in [5.41, 5.74) is 2.42. The quantitative estimate of drug-likeness (QED) is 0.620. The lowest BCUT2D eigenvalue weighted by Gasteiger charge is -2.02. The van der Waals surface area contributed by atoms with Crippen molar-refractivity contribution in [3.05, 3.63) is 72.8 Å². The largest absolute Gasteiger partial charge is 0.420 e. The molecule has 0 saturated carbocycles. The number of hydrogen-bond acceptors (Lipinski definition) is 5. The number of rotatable bonds is 4. The highest BCUT2D eigenvalue weighted by Gasteiger charge is 2.13. The molecule has 6 heteroatoms. The Bertz CT molecular complexity index is 1030. The van der Waals surface area contributed by atoms with Gasteiger partial charge in [-0.15, -0.1) is 10.2 Å². The maximum atomic E-state index is 12.1. The third-order valence-corrected chi connectivity index (χ3v) is 3.69. The van der Waals surface area contributed by atoms with E-state index in [4.69, 9.17) is 4.42 Å². The summed E-state index contributed by atoms with van der Waals surface area (Å²) in [6.45, 7) is 0. The average molecular weight is 330 g/mol. The van der Waals surface area contributed by atoms with Gasteiger partial charge in [0.15, 0.2) is 0 Å². The topological polar surface area (TPSA) is 80.9 Å². The molecule has 0 unspecified atom stereocenters. The fourth-order valence-electron chi connectivity index (χ4n) is 2.51. The van der Waals surface area contributed by atoms with Gasteiger partial charge in [-0.2, -0.15) is 0 Å². The number of pyridine rings is 1. The van der Waals surface area contributed by atoms with Crippen molar-refractivity contribution in [2.75, 3.05) is 5.32 Å². The van der Waals surface area contributed by atoms with Gasteiger partial charge in [0.2, 0.25) is 17.7 Å². The summed E-state index contributed by atoms with van der Waals surface area (Å²) in [5.74, 6) is 0.451. The minimum atomic E-state index is -0.205. The SMILES string of the molecule is O=C(Cc1nnc(-c2ccc3ncccc3c2)o1)Nc1ccccc1. The average Bonchev–Trinajstić information content (AvgIpc) is 3.10. The maximum absolute atomic E-state index is 12.1. The molecule has 1 amide bonds. The normalized spacial score (nSPS) is 10.7. The van der Waals surface area contributed by atoms with Gasteiger partial charge in [-0.05, 0) is 36.4 Å². The first-order chi connectivity index (χ1) is 12.3. The van der Waals surface area contributed by atoms with E-state index in [1.54, 1.807) is 6.20 Å². The van der Waals surface area contributed by atoms with Gasteiger partial charge in [-0.3, -0.25) is 9.78 Å². The van der Waals surface area contributed by atoms with Crippen LogP contribution in [0.5, 0.6) is 0 Å². The van der Waals surface area contributed by atoms with E-state index >= 15 is 0 Å². The first-order valence-electron chi connectivity index (χ1n) is 7.80. The molecule has 2 aromatic heterocycles. The van der Waals surface area contributed by atoms with Crippen molar-refractivity contribution in [2.45, 2.75) is 6.42 Å². The minimum Gasteiger partial charge on any atom is -0.420 e. The van der Waals surface area contributed by atoms with Crippen LogP contribution < -0.4 is 5.32 Å². The summed E-state index contributed by atoms with van der Waals surface area (Å²) in [5, 5.41) is 11.8. The molecule has 0 saturated heterocycles. The molecule has 25 heavy (non-hydrogen) atoms. The van der Waals surface area contributed by atoms with Crippen molar-refractivity contribution in [1.82, 2.24) is 15.2 Å². The second-order valence-electron chi connectivity index (χ2n) is 5.50. The second-order valence-corrected chi connectivity index (χ2v) is 5.50. The Balaban J connectivity index is 1.50. The van der Waals surface area contributed by atoms with Gasteiger partial charge in [-0.25, -0.2) is 0 Å². The molecule has 0 atom stereocenters. The van der Waals surface area contributed by atoms with E-state index in [2.05, 4.69) is 20.5 Å². The molecule has 122 valence electrons. The Morgan fingerprint density at radius 1 is 1.00 bits per heavy atom. The van der Waals surface area contributed by atoms with Crippen LogP contribution in [0.25, 0.3) is 22.4 Å². The van der Waals surface area contributed by atoms with Crippen molar-refractivity contribution in [2.24, 2.45) is 0 Å². The number of benzene rings is 2. The first kappa shape index (κ1) is 15.0. The smallest absolute Gasteiger partial charge is 0.247 e. The number of carbonyl (C=O) groups excluding carboxylic acids is 1. The summed E-state index contributed by atoms with van der Waals surface area (Å²) >= 11 is 0. The van der Waals surface area contributed by atoms with Gasteiger partial charge < -0.3 is 9.73 Å². The summed E-state index contributed by atoms with van der Waals surface area (Å²) in [6, 6.07) is 18.8. The summed E-state index contributed by atoms with van der Waals surface area (Å²) in [4.78, 5) is 16.3. The van der Waals surface area contributed by atoms with Crippen LogP contribution in [-0.4, -0.2) is 21.1 Å². The van der Waals surface area contributed by atoms with Crippen molar-refractivity contribution in [3.63, 3.8) is 0 Å². The number of para-hydroxylation sites is 1. The number of nitrogens with one attached hydrogen (secondary N) is 1. The number of fused-ring (bicyclic) bond motifs is 1. The van der Waals surface area contributed by atoms with Crippen molar-refractivity contribution in [3.8, 4) is 11.5 Å². The molecule has 0 aliphatic rings. The predicted molar refractivity (Wildman–Crippen MR) is 93.8 cm³/mol. The minimum absolute atomic E-state index is 0.0248. The van der Waals surface area contributed by atoms with Gasteiger partial charge >= 0.3 is 0 Å². The van der Waals surface area contributed by atoms with Crippen LogP contribution >= 0.6 is 0 Å². The monoisotopic (exact) mass is 330 g/mol. The highest BCUT2D eigenvalue weighted by Crippen LogP contribution is 2.22. The van der Waals surface area contributed by atoms with Gasteiger partial charge in [-0.1, -0.05) is 24.3 Å². The molecular weight excluding hydrogens is 316 g/mol. The van der Waals surface area contributed by atoms with Crippen molar-refractivity contribution in [1.29, 1.82) is 0 Å². The molecule has 2 aromatic carbocycles. The number of hydrogen-bond donors (Lipinski definition) is 1. The van der Waals surface area contributed by atoms with E-state index in [-0.39, 0.29) is 18.2 Å². The third kappa shape index (κ3) is 3.37. The maximum Gasteiger partial charge on any atom is 0.247 e. The molecule has 4 rings (SSSR count). The van der Waals surface area contributed by atoms with Gasteiger partial charge in [0.05, 0.1) is 5.52 Å². The van der Waals surface area contributed by atoms with Crippen LogP contribution in [0.1, 0.15) is 5.89 Å². The Kier molecular flexibility index (Phi) is 3.92. The first-order valence-corrected chi connectivity index (χ1v) is 7.80. The predicted octanol–water partition coefficient (Wildman–Crippen LogP) is 3.47. The van der Waals surface area contributed by atoms with Crippen LogP contribution in [0, 0.1) is 0 Å². The molecule has 0 bridgehead atoms. The summed E-state index contributed by atoms with van der Waals surface area (Å²) < 4.78 is 5.62. The zero-order valence-corrected chi connectivity index (χ0v) is 13.2. The zero-order chi connectivity index (χ0) is 17.1. The van der Waals surface area contributed by atoms with E-state index in [9.17, 15) is 4.79 Å². The third-order valence-electron chi connectivity index (χ3n) is 3.69. The molecular formula is C19H14N4O2. The van der Waals surface area contributed by atoms with E-state index in [1.807, 2.05) is 60.7 Å². The highest BCUT2D eigenvalue weighted by atomic mass is 16.4. The lowest BCUT2D eigenvalue weighted by molar-refractivity contribution is -0.115. The number of amides is 1. The molecule has 4 aromatic rings. The number of anilines is 1. The van der Waals surface area contributed by atoms with Crippen LogP contribution in [-0.2, 0) is 11.2 Å². The van der Waals surface area contributed by atoms with E-state index in [0.717, 1.165) is 22.2 Å². The standard InChI is InChI=1S/C19H14N4O2/c24-17(21-15-6-2-1-3-7-15)12-18-22-23-19(25-18)14-8-9-16-13(11-14)5-4-10-20-16/h1-11H,12H2,(H,21,24). The van der Waals surface area contributed by atoms with Gasteiger partial charge in [0.1, 0.15) is 6.42 Å². The lowest BCUT2D eigenvalue weighted by Crippen LogP contribution is -2.14. The highest BCUT2D eigenvalue weighted by molar-refractivity contribution is 5.91. The molecule has 6 nitrogen and oxygen atoms in total. The van der Waals surface area contributed by atoms with Crippen molar-refractivity contribution < 1.29 is 9.21 Å². The zero-order valence-electron chi connectivity index (χ0n) is 13.2. The van der Waals surface area contributed by atoms with E-state index in [1.165, 1.54) is 0 Å².